The molecule has 1 saturated heterocycles. The van der Waals surface area contributed by atoms with Crippen molar-refractivity contribution in [2.45, 2.75) is 19.3 Å². The molecule has 1 aromatic carbocycles. The number of rotatable bonds is 4. The van der Waals surface area contributed by atoms with E-state index in [0.717, 1.165) is 24.6 Å². The van der Waals surface area contributed by atoms with Gasteiger partial charge in [0, 0.05) is 23.9 Å². The Bertz CT molecular complexity index is 788. The van der Waals surface area contributed by atoms with Crippen LogP contribution in [0.2, 0.25) is 0 Å². The SMILES string of the molecule is COc1cc(NC2=N[N+]3(N4CCCCC4)C=CN=CC3=N2)cc(OC)c1. The Morgan fingerprint density at radius 2 is 1.77 bits per heavy atom. The van der Waals surface area contributed by atoms with E-state index in [1.165, 1.54) is 19.3 Å². The van der Waals surface area contributed by atoms with Crippen LogP contribution in [-0.4, -0.2) is 55.0 Å². The second-order valence-corrected chi connectivity index (χ2v) is 6.36. The summed E-state index contributed by atoms with van der Waals surface area (Å²) < 4.78 is 10.9. The lowest BCUT2D eigenvalue weighted by molar-refractivity contribution is -0.918. The number of aliphatic imine (C=N–C) groups is 2. The number of methoxy groups -OCH3 is 2. The molecule has 1 fully saturated rings. The van der Waals surface area contributed by atoms with E-state index in [0.29, 0.717) is 17.5 Å². The van der Waals surface area contributed by atoms with E-state index in [9.17, 15) is 0 Å². The first-order valence-electron chi connectivity index (χ1n) is 8.78. The van der Waals surface area contributed by atoms with Crippen molar-refractivity contribution in [1.82, 2.24) is 5.01 Å². The van der Waals surface area contributed by atoms with Gasteiger partial charge in [-0.1, -0.05) is 6.42 Å². The topological polar surface area (TPSA) is 70.8 Å². The number of nitrogens with zero attached hydrogens (tertiary/aromatic N) is 5. The van der Waals surface area contributed by atoms with E-state index < -0.39 is 0 Å². The summed E-state index contributed by atoms with van der Waals surface area (Å²) in [5.41, 5.74) is 0.807. The van der Waals surface area contributed by atoms with Gasteiger partial charge < -0.3 is 14.8 Å². The molecule has 1 atom stereocenters. The molecule has 3 aliphatic heterocycles. The van der Waals surface area contributed by atoms with Crippen LogP contribution in [0.15, 0.2) is 45.7 Å². The van der Waals surface area contributed by atoms with Gasteiger partial charge in [-0.2, -0.15) is 0 Å². The molecule has 26 heavy (non-hydrogen) atoms. The summed E-state index contributed by atoms with van der Waals surface area (Å²) in [6.45, 7) is 1.97. The van der Waals surface area contributed by atoms with Crippen LogP contribution in [0.4, 0.5) is 5.69 Å². The summed E-state index contributed by atoms with van der Waals surface area (Å²) in [4.78, 5) is 8.90. The predicted octanol–water partition coefficient (Wildman–Crippen LogP) is 2.57. The van der Waals surface area contributed by atoms with Gasteiger partial charge in [0.25, 0.3) is 5.96 Å². The quantitative estimate of drug-likeness (QED) is 0.843. The van der Waals surface area contributed by atoms with E-state index >= 15 is 0 Å². The maximum absolute atomic E-state index is 5.33. The highest BCUT2D eigenvalue weighted by molar-refractivity contribution is 6.30. The van der Waals surface area contributed by atoms with Crippen molar-refractivity contribution < 1.29 is 14.2 Å². The van der Waals surface area contributed by atoms with Crippen molar-refractivity contribution in [2.75, 3.05) is 32.6 Å². The van der Waals surface area contributed by atoms with Crippen molar-refractivity contribution in [3.63, 3.8) is 0 Å². The van der Waals surface area contributed by atoms with Gasteiger partial charge in [0.15, 0.2) is 6.20 Å². The fourth-order valence-corrected chi connectivity index (χ4v) is 3.41. The van der Waals surface area contributed by atoms with Crippen LogP contribution in [0.3, 0.4) is 0 Å². The Morgan fingerprint density at radius 3 is 2.46 bits per heavy atom. The number of nitrogens with one attached hydrogen (secondary N) is 1. The Balaban J connectivity index is 1.64. The minimum absolute atomic E-state index is 0.257. The molecule has 0 saturated carbocycles. The predicted molar refractivity (Wildman–Crippen MR) is 101 cm³/mol. The molecule has 1 unspecified atom stereocenters. The van der Waals surface area contributed by atoms with Crippen LogP contribution in [0.5, 0.6) is 11.5 Å². The number of guanidine groups is 1. The van der Waals surface area contributed by atoms with Gasteiger partial charge in [0.1, 0.15) is 17.7 Å². The Kier molecular flexibility index (Phi) is 4.44. The standard InChI is InChI=1S/C18H23N6O2/c1-25-15-10-14(11-16(12-15)26-2)20-18-21-17-13-19-6-9-24(17,22-18)23-7-4-3-5-8-23/h6,9-13H,3-5,7-8H2,1-2H3,(H,20,22)/q+1. The summed E-state index contributed by atoms with van der Waals surface area (Å²) >= 11 is 0. The minimum atomic E-state index is 0.257. The third-order valence-electron chi connectivity index (χ3n) is 4.73. The number of hydrogen-bond acceptors (Lipinski definition) is 7. The molecule has 0 aromatic heterocycles. The normalized spacial score (nSPS) is 24.7. The molecule has 3 heterocycles. The van der Waals surface area contributed by atoms with Crippen LogP contribution < -0.4 is 14.8 Å². The van der Waals surface area contributed by atoms with Crippen LogP contribution in [-0.2, 0) is 0 Å². The highest BCUT2D eigenvalue weighted by atomic mass is 16.5. The monoisotopic (exact) mass is 355 g/mol. The van der Waals surface area contributed by atoms with Crippen LogP contribution in [0.1, 0.15) is 19.3 Å². The molecule has 3 aliphatic rings. The van der Waals surface area contributed by atoms with Crippen molar-refractivity contribution in [3.05, 3.63) is 30.6 Å². The van der Waals surface area contributed by atoms with Gasteiger partial charge >= 0.3 is 5.84 Å². The second kappa shape index (κ2) is 6.89. The van der Waals surface area contributed by atoms with E-state index in [4.69, 9.17) is 14.6 Å². The Hall–Kier alpha value is -2.71. The number of fused-ring (bicyclic) bond motifs is 1. The van der Waals surface area contributed by atoms with Crippen molar-refractivity contribution >= 4 is 23.7 Å². The molecule has 0 bridgehead atoms. The second-order valence-electron chi connectivity index (χ2n) is 6.36. The third-order valence-corrected chi connectivity index (χ3v) is 4.73. The molecule has 8 nitrogen and oxygen atoms in total. The highest BCUT2D eigenvalue weighted by Gasteiger charge is 2.46. The van der Waals surface area contributed by atoms with Gasteiger partial charge in [-0.3, -0.25) is 4.99 Å². The zero-order valence-corrected chi connectivity index (χ0v) is 15.1. The van der Waals surface area contributed by atoms with Gasteiger partial charge in [0.2, 0.25) is 0 Å². The number of ether oxygens (including phenoxy) is 2. The molecule has 8 heteroatoms. The molecule has 0 amide bonds. The Labute approximate surface area is 152 Å². The molecule has 136 valence electrons. The minimum Gasteiger partial charge on any atom is -0.497 e. The van der Waals surface area contributed by atoms with E-state index in [2.05, 4.69) is 20.3 Å². The fourth-order valence-electron chi connectivity index (χ4n) is 3.41. The van der Waals surface area contributed by atoms with Crippen molar-refractivity contribution in [3.8, 4) is 11.5 Å². The van der Waals surface area contributed by atoms with E-state index in [-0.39, 0.29) is 4.70 Å². The van der Waals surface area contributed by atoms with E-state index in [1.54, 1.807) is 26.6 Å². The number of hydrogen-bond donors (Lipinski definition) is 1. The number of benzene rings is 1. The summed E-state index contributed by atoms with van der Waals surface area (Å²) in [6.07, 6.45) is 9.14. The van der Waals surface area contributed by atoms with Gasteiger partial charge in [-0.05, 0) is 22.6 Å². The smallest absolute Gasteiger partial charge is 0.301 e. The molecule has 0 radical (unpaired) electrons. The average molecular weight is 355 g/mol. The van der Waals surface area contributed by atoms with Crippen molar-refractivity contribution in [1.29, 1.82) is 0 Å². The Morgan fingerprint density at radius 1 is 1.04 bits per heavy atom. The van der Waals surface area contributed by atoms with E-state index in [1.807, 2.05) is 24.4 Å². The van der Waals surface area contributed by atoms with Crippen LogP contribution >= 0.6 is 0 Å². The summed E-state index contributed by atoms with van der Waals surface area (Å²) in [6, 6.07) is 5.60. The van der Waals surface area contributed by atoms with Gasteiger partial charge in [0.05, 0.1) is 33.5 Å². The summed E-state index contributed by atoms with van der Waals surface area (Å²) in [5, 5.41) is 10.5. The van der Waals surface area contributed by atoms with Crippen molar-refractivity contribution in [2.24, 2.45) is 15.1 Å². The molecule has 0 spiro atoms. The largest absolute Gasteiger partial charge is 0.497 e. The number of anilines is 1. The first-order valence-corrected chi connectivity index (χ1v) is 8.78. The molecular weight excluding hydrogens is 332 g/mol. The first kappa shape index (κ1) is 16.7. The number of quaternary nitrogens is 1. The lowest BCUT2D eigenvalue weighted by Crippen LogP contribution is -2.58. The van der Waals surface area contributed by atoms with Gasteiger partial charge in [-0.15, -0.1) is 10.0 Å². The maximum atomic E-state index is 5.33. The first-order chi connectivity index (χ1) is 12.7. The molecule has 1 N–H and O–H groups in total. The fraction of sp³-hybridized carbons (Fsp3) is 0.389. The zero-order chi connectivity index (χ0) is 18.0. The average Bonchev–Trinajstić information content (AvgIpc) is 3.07. The number of amidine groups is 1. The van der Waals surface area contributed by atoms with Crippen LogP contribution in [0.25, 0.3) is 0 Å². The molecule has 1 aromatic rings. The zero-order valence-electron chi connectivity index (χ0n) is 15.1. The molecule has 4 rings (SSSR count). The lowest BCUT2D eigenvalue weighted by Gasteiger charge is -2.36. The third kappa shape index (κ3) is 2.97. The maximum Gasteiger partial charge on any atom is 0.301 e. The summed E-state index contributed by atoms with van der Waals surface area (Å²) in [5.74, 6) is 2.75. The molecule has 0 aliphatic carbocycles. The van der Waals surface area contributed by atoms with Gasteiger partial charge in [-0.25, -0.2) is 0 Å². The summed E-state index contributed by atoms with van der Waals surface area (Å²) in [7, 11) is 3.26. The van der Waals surface area contributed by atoms with Crippen LogP contribution in [0, 0.1) is 0 Å². The number of piperidine rings is 1. The molecular formula is C18H23N6O2+. The highest BCUT2D eigenvalue weighted by Crippen LogP contribution is 2.30. The lowest BCUT2D eigenvalue weighted by atomic mass is 10.1.